The molecule has 0 bridgehead atoms. The van der Waals surface area contributed by atoms with E-state index in [1.165, 1.54) is 19.3 Å². The summed E-state index contributed by atoms with van der Waals surface area (Å²) >= 11 is 1.77. The molecule has 5 heteroatoms. The van der Waals surface area contributed by atoms with Gasteiger partial charge in [0.25, 0.3) is 0 Å². The molecule has 1 N–H and O–H groups in total. The van der Waals surface area contributed by atoms with Crippen LogP contribution in [0.15, 0.2) is 23.1 Å². The lowest BCUT2D eigenvalue weighted by Crippen LogP contribution is -2.24. The van der Waals surface area contributed by atoms with Crippen molar-refractivity contribution in [1.29, 1.82) is 0 Å². The number of ketones is 2. The molecule has 1 aliphatic heterocycles. The van der Waals surface area contributed by atoms with Crippen molar-refractivity contribution in [1.82, 2.24) is 5.32 Å². The van der Waals surface area contributed by atoms with Gasteiger partial charge in [0.1, 0.15) is 11.5 Å². The monoisotopic (exact) mass is 349 g/mol. The summed E-state index contributed by atoms with van der Waals surface area (Å²) in [6.07, 6.45) is 5.16. The van der Waals surface area contributed by atoms with E-state index in [2.05, 4.69) is 12.2 Å². The van der Waals surface area contributed by atoms with Gasteiger partial charge in [0, 0.05) is 11.3 Å². The van der Waals surface area contributed by atoms with Crippen LogP contribution in [0.1, 0.15) is 50.5 Å². The first-order valence-electron chi connectivity index (χ1n) is 8.71. The van der Waals surface area contributed by atoms with Crippen molar-refractivity contribution >= 4 is 23.3 Å². The van der Waals surface area contributed by atoms with Gasteiger partial charge in [-0.2, -0.15) is 0 Å². The second kappa shape index (κ2) is 9.84. The van der Waals surface area contributed by atoms with Gasteiger partial charge < -0.3 is 10.1 Å². The summed E-state index contributed by atoms with van der Waals surface area (Å²) in [7, 11) is 1.65. The zero-order chi connectivity index (χ0) is 17.4. The third-order valence-corrected chi connectivity index (χ3v) is 5.45. The highest BCUT2D eigenvalue weighted by molar-refractivity contribution is 7.99. The molecule has 1 saturated heterocycles. The number of Topliss-reactive ketones (excluding diaryl/α,β-unsaturated/α-hetero) is 2. The Morgan fingerprint density at radius 2 is 2.04 bits per heavy atom. The van der Waals surface area contributed by atoms with E-state index in [1.807, 2.05) is 18.2 Å². The highest BCUT2D eigenvalue weighted by atomic mass is 32.2. The van der Waals surface area contributed by atoms with Gasteiger partial charge in [0.05, 0.1) is 26.1 Å². The van der Waals surface area contributed by atoms with Crippen molar-refractivity contribution < 1.29 is 14.3 Å². The van der Waals surface area contributed by atoms with Crippen molar-refractivity contribution in [2.45, 2.75) is 49.8 Å². The molecule has 0 aromatic heterocycles. The molecule has 1 fully saturated rings. The summed E-state index contributed by atoms with van der Waals surface area (Å²) in [5.41, 5.74) is 0.971. The van der Waals surface area contributed by atoms with Crippen LogP contribution in [-0.2, 0) is 9.59 Å². The molecular formula is C19H27NO3S. The molecule has 0 radical (unpaired) electrons. The molecule has 24 heavy (non-hydrogen) atoms. The molecule has 0 saturated carbocycles. The van der Waals surface area contributed by atoms with Crippen LogP contribution in [-0.4, -0.2) is 37.5 Å². The highest BCUT2D eigenvalue weighted by Crippen LogP contribution is 2.35. The Morgan fingerprint density at radius 3 is 2.79 bits per heavy atom. The summed E-state index contributed by atoms with van der Waals surface area (Å²) in [6.45, 7) is 2.76. The fourth-order valence-corrected chi connectivity index (χ4v) is 4.06. The van der Waals surface area contributed by atoms with E-state index in [0.717, 1.165) is 28.4 Å². The number of carbonyl (C=O) groups excluding carboxylic acids is 2. The molecule has 0 amide bonds. The Labute approximate surface area is 148 Å². The third kappa shape index (κ3) is 5.35. The lowest BCUT2D eigenvalue weighted by atomic mass is 9.90. The predicted octanol–water partition coefficient (Wildman–Crippen LogP) is 3.58. The van der Waals surface area contributed by atoms with Crippen molar-refractivity contribution in [3.63, 3.8) is 0 Å². The van der Waals surface area contributed by atoms with E-state index < -0.39 is 0 Å². The first-order valence-corrected chi connectivity index (χ1v) is 9.70. The van der Waals surface area contributed by atoms with Crippen LogP contribution in [0.2, 0.25) is 0 Å². The average molecular weight is 349 g/mol. The first-order chi connectivity index (χ1) is 11.7. The quantitative estimate of drug-likeness (QED) is 0.574. The smallest absolute Gasteiger partial charge is 0.154 e. The number of hydrogen-bond donors (Lipinski definition) is 1. The van der Waals surface area contributed by atoms with Crippen molar-refractivity contribution in [2.24, 2.45) is 0 Å². The van der Waals surface area contributed by atoms with Gasteiger partial charge in [-0.3, -0.25) is 9.59 Å². The summed E-state index contributed by atoms with van der Waals surface area (Å²) < 4.78 is 5.34. The zero-order valence-electron chi connectivity index (χ0n) is 14.6. The summed E-state index contributed by atoms with van der Waals surface area (Å²) in [5, 5.41) is 2.92. The molecule has 1 aromatic carbocycles. The summed E-state index contributed by atoms with van der Waals surface area (Å²) in [6, 6.07) is 5.83. The number of ether oxygens (including phenoxy) is 1. The van der Waals surface area contributed by atoms with Gasteiger partial charge in [-0.1, -0.05) is 32.3 Å². The molecule has 1 aliphatic rings. The number of hydrogen-bond acceptors (Lipinski definition) is 5. The fraction of sp³-hybridized carbons (Fsp3) is 0.579. The number of methoxy groups -OCH3 is 1. The molecule has 1 atom stereocenters. The number of rotatable bonds is 8. The van der Waals surface area contributed by atoms with E-state index in [4.69, 9.17) is 4.74 Å². The van der Waals surface area contributed by atoms with Crippen molar-refractivity contribution in [3.05, 3.63) is 23.8 Å². The molecule has 1 aromatic rings. The highest BCUT2D eigenvalue weighted by Gasteiger charge is 2.28. The van der Waals surface area contributed by atoms with Crippen LogP contribution in [0.5, 0.6) is 5.75 Å². The Kier molecular flexibility index (Phi) is 7.79. The molecule has 132 valence electrons. The summed E-state index contributed by atoms with van der Waals surface area (Å²) in [5.74, 6) is 1.67. The minimum Gasteiger partial charge on any atom is -0.497 e. The first kappa shape index (κ1) is 19.0. The van der Waals surface area contributed by atoms with E-state index >= 15 is 0 Å². The SMILES string of the molecule is CCCCCCSc1cc(OC)ccc1C1CC(=O)CNCC1=O. The van der Waals surface area contributed by atoms with E-state index in [1.54, 1.807) is 18.9 Å². The van der Waals surface area contributed by atoms with Crippen LogP contribution in [0.25, 0.3) is 0 Å². The lowest BCUT2D eigenvalue weighted by molar-refractivity contribution is -0.122. The second-order valence-electron chi connectivity index (χ2n) is 6.18. The predicted molar refractivity (Wildman–Crippen MR) is 98.1 cm³/mol. The summed E-state index contributed by atoms with van der Waals surface area (Å²) in [4.78, 5) is 25.4. The van der Waals surface area contributed by atoms with Crippen LogP contribution in [0.4, 0.5) is 0 Å². The van der Waals surface area contributed by atoms with Crippen molar-refractivity contribution in [3.8, 4) is 5.75 Å². The molecule has 0 spiro atoms. The molecule has 1 unspecified atom stereocenters. The molecule has 0 aliphatic carbocycles. The Morgan fingerprint density at radius 1 is 1.21 bits per heavy atom. The second-order valence-corrected chi connectivity index (χ2v) is 7.31. The Hall–Kier alpha value is -1.33. The fourth-order valence-electron chi connectivity index (χ4n) is 2.91. The van der Waals surface area contributed by atoms with E-state index in [-0.39, 0.29) is 30.6 Å². The minimum atomic E-state index is -0.337. The lowest BCUT2D eigenvalue weighted by Gasteiger charge is -2.18. The number of nitrogens with one attached hydrogen (secondary N) is 1. The van der Waals surface area contributed by atoms with E-state index in [0.29, 0.717) is 6.42 Å². The molecule has 1 heterocycles. The maximum Gasteiger partial charge on any atom is 0.154 e. The maximum atomic E-state index is 12.4. The van der Waals surface area contributed by atoms with Crippen LogP contribution in [0, 0.1) is 0 Å². The number of benzene rings is 1. The van der Waals surface area contributed by atoms with Gasteiger partial charge >= 0.3 is 0 Å². The third-order valence-electron chi connectivity index (χ3n) is 4.29. The van der Waals surface area contributed by atoms with E-state index in [9.17, 15) is 9.59 Å². The standard InChI is InChI=1S/C19H27NO3S/c1-3-4-5-6-9-24-19-11-15(23-2)7-8-16(19)17-10-14(21)12-20-13-18(17)22/h7-8,11,17,20H,3-6,9-10,12-13H2,1-2H3. The van der Waals surface area contributed by atoms with Crippen LogP contribution < -0.4 is 10.1 Å². The minimum absolute atomic E-state index is 0.0962. The van der Waals surface area contributed by atoms with Gasteiger partial charge in [-0.05, 0) is 29.9 Å². The Bertz CT molecular complexity index is 574. The average Bonchev–Trinajstić information content (AvgIpc) is 2.75. The van der Waals surface area contributed by atoms with Crippen LogP contribution >= 0.6 is 11.8 Å². The van der Waals surface area contributed by atoms with Gasteiger partial charge in [0.2, 0.25) is 0 Å². The van der Waals surface area contributed by atoms with Crippen molar-refractivity contribution in [2.75, 3.05) is 26.0 Å². The molecule has 2 rings (SSSR count). The maximum absolute atomic E-state index is 12.4. The van der Waals surface area contributed by atoms with Gasteiger partial charge in [0.15, 0.2) is 5.78 Å². The topological polar surface area (TPSA) is 55.4 Å². The number of carbonyl (C=O) groups is 2. The zero-order valence-corrected chi connectivity index (χ0v) is 15.4. The normalized spacial score (nSPS) is 18.5. The van der Waals surface area contributed by atoms with Gasteiger partial charge in [-0.15, -0.1) is 11.8 Å². The number of unbranched alkanes of at least 4 members (excludes halogenated alkanes) is 3. The van der Waals surface area contributed by atoms with Gasteiger partial charge in [-0.25, -0.2) is 0 Å². The molecule has 4 nitrogen and oxygen atoms in total. The van der Waals surface area contributed by atoms with Crippen LogP contribution in [0.3, 0.4) is 0 Å². The Balaban J connectivity index is 2.17. The largest absolute Gasteiger partial charge is 0.497 e. The molecular weight excluding hydrogens is 322 g/mol. The number of thioether (sulfide) groups is 1.